The van der Waals surface area contributed by atoms with Gasteiger partial charge in [-0.2, -0.15) is 5.10 Å². The molecule has 0 saturated carbocycles. The molecule has 9 heteroatoms. The highest BCUT2D eigenvalue weighted by Gasteiger charge is 2.12. The standard InChI is InChI=1S/C22H25BrClN3O4/c1-4-8-31-22-17(23)9-15(10-19(22)30-5-2)13-25-27-21(29)12-20(28)26-16-7-6-14(3)18(24)11-16/h6-7,9-11,13H,4-5,8,12H2,1-3H3,(H,26,28)(H,27,29). The Balaban J connectivity index is 1.95. The van der Waals surface area contributed by atoms with E-state index in [0.29, 0.717) is 41.0 Å². The molecule has 0 unspecified atom stereocenters. The number of carbonyl (C=O) groups excluding carboxylic acids is 2. The van der Waals surface area contributed by atoms with Crippen LogP contribution in [0.5, 0.6) is 11.5 Å². The summed E-state index contributed by atoms with van der Waals surface area (Å²) in [4.78, 5) is 24.0. The van der Waals surface area contributed by atoms with Crippen molar-refractivity contribution >= 4 is 51.2 Å². The minimum absolute atomic E-state index is 0.374. The van der Waals surface area contributed by atoms with Crippen LogP contribution in [0.2, 0.25) is 5.02 Å². The van der Waals surface area contributed by atoms with E-state index in [1.165, 1.54) is 6.21 Å². The molecule has 0 radical (unpaired) electrons. The van der Waals surface area contributed by atoms with Gasteiger partial charge in [-0.15, -0.1) is 0 Å². The van der Waals surface area contributed by atoms with Crippen molar-refractivity contribution < 1.29 is 19.1 Å². The topological polar surface area (TPSA) is 89.0 Å². The quantitative estimate of drug-likeness (QED) is 0.265. The van der Waals surface area contributed by atoms with Gasteiger partial charge in [0.1, 0.15) is 6.42 Å². The fraction of sp³-hybridized carbons (Fsp3) is 0.318. The number of carbonyl (C=O) groups is 2. The molecule has 7 nitrogen and oxygen atoms in total. The van der Waals surface area contributed by atoms with Crippen molar-refractivity contribution in [1.82, 2.24) is 5.43 Å². The van der Waals surface area contributed by atoms with Crippen molar-refractivity contribution in [3.63, 3.8) is 0 Å². The van der Waals surface area contributed by atoms with E-state index in [4.69, 9.17) is 21.1 Å². The Morgan fingerprint density at radius 2 is 1.94 bits per heavy atom. The van der Waals surface area contributed by atoms with Gasteiger partial charge in [-0.05, 0) is 71.6 Å². The molecule has 0 aliphatic rings. The number of ether oxygens (including phenoxy) is 2. The van der Waals surface area contributed by atoms with Crippen LogP contribution in [0.1, 0.15) is 37.8 Å². The van der Waals surface area contributed by atoms with Crippen molar-refractivity contribution in [2.45, 2.75) is 33.6 Å². The minimum Gasteiger partial charge on any atom is -0.490 e. The average molecular weight is 511 g/mol. The van der Waals surface area contributed by atoms with Crippen LogP contribution in [0.3, 0.4) is 0 Å². The summed E-state index contributed by atoms with van der Waals surface area (Å²) in [5.41, 5.74) is 4.46. The normalized spacial score (nSPS) is 10.7. The Hall–Kier alpha value is -2.58. The second-order valence-electron chi connectivity index (χ2n) is 6.59. The molecule has 2 aromatic rings. The van der Waals surface area contributed by atoms with E-state index < -0.39 is 11.8 Å². The van der Waals surface area contributed by atoms with E-state index in [9.17, 15) is 9.59 Å². The van der Waals surface area contributed by atoms with Crippen molar-refractivity contribution in [3.05, 3.63) is 51.0 Å². The van der Waals surface area contributed by atoms with Gasteiger partial charge >= 0.3 is 0 Å². The molecule has 2 aromatic carbocycles. The number of halogens is 2. The Labute approximate surface area is 195 Å². The maximum absolute atomic E-state index is 12.0. The van der Waals surface area contributed by atoms with Gasteiger partial charge in [0, 0.05) is 10.7 Å². The number of hydrogen-bond acceptors (Lipinski definition) is 5. The van der Waals surface area contributed by atoms with Crippen LogP contribution in [0.4, 0.5) is 5.69 Å². The summed E-state index contributed by atoms with van der Waals surface area (Å²) in [6.45, 7) is 6.82. The molecule has 0 aliphatic carbocycles. The Kier molecular flexibility index (Phi) is 9.81. The summed E-state index contributed by atoms with van der Waals surface area (Å²) in [5, 5.41) is 7.08. The molecule has 0 heterocycles. The van der Waals surface area contributed by atoms with E-state index in [1.54, 1.807) is 30.3 Å². The van der Waals surface area contributed by atoms with Crippen LogP contribution in [0.15, 0.2) is 39.9 Å². The zero-order valence-electron chi connectivity index (χ0n) is 17.6. The molecule has 0 spiro atoms. The number of benzene rings is 2. The lowest BCUT2D eigenvalue weighted by Gasteiger charge is -2.14. The number of amides is 2. The Morgan fingerprint density at radius 1 is 1.16 bits per heavy atom. The first-order valence-corrected chi connectivity index (χ1v) is 11.0. The number of rotatable bonds is 10. The van der Waals surface area contributed by atoms with Gasteiger partial charge in [0.05, 0.1) is 23.9 Å². The molecule has 0 atom stereocenters. The van der Waals surface area contributed by atoms with E-state index >= 15 is 0 Å². The van der Waals surface area contributed by atoms with Crippen LogP contribution >= 0.6 is 27.5 Å². The monoisotopic (exact) mass is 509 g/mol. The molecule has 2 rings (SSSR count). The van der Waals surface area contributed by atoms with Crippen molar-refractivity contribution in [2.24, 2.45) is 5.10 Å². The number of hydrogen-bond donors (Lipinski definition) is 2. The summed E-state index contributed by atoms with van der Waals surface area (Å²) in [6.07, 6.45) is 1.96. The zero-order valence-corrected chi connectivity index (χ0v) is 20.0. The first-order chi connectivity index (χ1) is 14.8. The lowest BCUT2D eigenvalue weighted by atomic mass is 10.2. The molecule has 0 fully saturated rings. The highest BCUT2D eigenvalue weighted by atomic mass is 79.9. The number of hydrazone groups is 1. The molecule has 166 valence electrons. The third kappa shape index (κ3) is 7.88. The smallest absolute Gasteiger partial charge is 0.249 e. The summed E-state index contributed by atoms with van der Waals surface area (Å²) in [5.74, 6) is 0.192. The van der Waals surface area contributed by atoms with Gasteiger partial charge in [0.15, 0.2) is 11.5 Å². The second-order valence-corrected chi connectivity index (χ2v) is 7.86. The van der Waals surface area contributed by atoms with Crippen molar-refractivity contribution in [2.75, 3.05) is 18.5 Å². The largest absolute Gasteiger partial charge is 0.490 e. The molecule has 31 heavy (non-hydrogen) atoms. The van der Waals surface area contributed by atoms with Crippen molar-refractivity contribution in [3.8, 4) is 11.5 Å². The molecule has 2 amide bonds. The summed E-state index contributed by atoms with van der Waals surface area (Å²) in [7, 11) is 0. The van der Waals surface area contributed by atoms with Gasteiger partial charge in [0.25, 0.3) is 0 Å². The molecular weight excluding hydrogens is 486 g/mol. The van der Waals surface area contributed by atoms with Gasteiger partial charge in [0.2, 0.25) is 11.8 Å². The lowest BCUT2D eigenvalue weighted by Crippen LogP contribution is -2.24. The maximum Gasteiger partial charge on any atom is 0.249 e. The highest BCUT2D eigenvalue weighted by molar-refractivity contribution is 9.10. The van der Waals surface area contributed by atoms with Crippen LogP contribution in [0.25, 0.3) is 0 Å². The molecular formula is C22H25BrClN3O4. The third-order valence-electron chi connectivity index (χ3n) is 3.96. The van der Waals surface area contributed by atoms with Gasteiger partial charge < -0.3 is 14.8 Å². The highest BCUT2D eigenvalue weighted by Crippen LogP contribution is 2.36. The minimum atomic E-state index is -0.543. The third-order valence-corrected chi connectivity index (χ3v) is 4.96. The predicted molar refractivity (Wildman–Crippen MR) is 126 cm³/mol. The van der Waals surface area contributed by atoms with Crippen LogP contribution < -0.4 is 20.2 Å². The molecule has 0 saturated heterocycles. The van der Waals surface area contributed by atoms with E-state index in [1.807, 2.05) is 20.8 Å². The van der Waals surface area contributed by atoms with Gasteiger partial charge in [-0.1, -0.05) is 24.6 Å². The molecule has 0 aromatic heterocycles. The van der Waals surface area contributed by atoms with Crippen molar-refractivity contribution in [1.29, 1.82) is 0 Å². The van der Waals surface area contributed by atoms with E-state index in [0.717, 1.165) is 16.5 Å². The second kappa shape index (κ2) is 12.3. The Bertz CT molecular complexity index is 966. The predicted octanol–water partition coefficient (Wildman–Crippen LogP) is 5.08. The number of anilines is 1. The average Bonchev–Trinajstić information content (AvgIpc) is 2.70. The summed E-state index contributed by atoms with van der Waals surface area (Å²) in [6, 6.07) is 8.71. The maximum atomic E-state index is 12.0. The molecule has 0 aliphatic heterocycles. The van der Waals surface area contributed by atoms with Gasteiger partial charge in [-0.3, -0.25) is 9.59 Å². The Morgan fingerprint density at radius 3 is 2.61 bits per heavy atom. The number of nitrogens with zero attached hydrogens (tertiary/aromatic N) is 1. The SMILES string of the molecule is CCCOc1c(Br)cc(C=NNC(=O)CC(=O)Nc2ccc(C)c(Cl)c2)cc1OCC. The fourth-order valence-corrected chi connectivity index (χ4v) is 3.26. The summed E-state index contributed by atoms with van der Waals surface area (Å²) < 4.78 is 12.1. The lowest BCUT2D eigenvalue weighted by molar-refractivity contribution is -0.126. The molecule has 0 bridgehead atoms. The van der Waals surface area contributed by atoms with Gasteiger partial charge in [-0.25, -0.2) is 5.43 Å². The number of aryl methyl sites for hydroxylation is 1. The number of nitrogens with one attached hydrogen (secondary N) is 2. The zero-order chi connectivity index (χ0) is 22.8. The van der Waals surface area contributed by atoms with E-state index in [-0.39, 0.29) is 6.42 Å². The van der Waals surface area contributed by atoms with Crippen LogP contribution in [-0.4, -0.2) is 31.2 Å². The summed E-state index contributed by atoms with van der Waals surface area (Å²) >= 11 is 9.51. The molecule has 2 N–H and O–H groups in total. The fourth-order valence-electron chi connectivity index (χ4n) is 2.51. The first-order valence-electron chi connectivity index (χ1n) is 9.81. The van der Waals surface area contributed by atoms with Crippen LogP contribution in [-0.2, 0) is 9.59 Å². The van der Waals surface area contributed by atoms with E-state index in [2.05, 4.69) is 31.8 Å². The van der Waals surface area contributed by atoms with Crippen LogP contribution in [0, 0.1) is 6.92 Å². The first kappa shape index (κ1) is 24.7.